The molecule has 0 bridgehead atoms. The number of carbonyl (C=O) groups excluding carboxylic acids is 2. The number of halogens is 2. The van der Waals surface area contributed by atoms with Crippen LogP contribution < -0.4 is 5.32 Å². The molecule has 12 heteroatoms. The third kappa shape index (κ3) is 7.58. The molecule has 2 aliphatic heterocycles. The molecule has 234 valence electrons. The molecule has 2 saturated heterocycles. The first-order valence-electron chi connectivity index (χ1n) is 14.8. The topological polar surface area (TPSA) is 109 Å². The van der Waals surface area contributed by atoms with Gasteiger partial charge in [0.15, 0.2) is 5.69 Å². The van der Waals surface area contributed by atoms with E-state index in [1.54, 1.807) is 18.3 Å². The van der Waals surface area contributed by atoms with Crippen LogP contribution in [0, 0.1) is 0 Å². The molecule has 3 aliphatic rings. The third-order valence-corrected chi connectivity index (χ3v) is 8.63. The highest BCUT2D eigenvalue weighted by Crippen LogP contribution is 2.41. The molecule has 2 aromatic rings. The maximum atomic E-state index is 14.2. The summed E-state index contributed by atoms with van der Waals surface area (Å²) in [4.78, 5) is 35.0. The summed E-state index contributed by atoms with van der Waals surface area (Å²) in [6.07, 6.45) is 8.53. The van der Waals surface area contributed by atoms with Crippen molar-refractivity contribution in [2.24, 2.45) is 0 Å². The zero-order valence-electron chi connectivity index (χ0n) is 24.4. The SMILES string of the molecule is COC[C@]1(O)CCCC[C@H]1n1cnc(C(=O)N2CCNC[C@H]2CCOC(=O)N2CCCCC2)c1-c1ccccc1.Cl.Cl. The summed E-state index contributed by atoms with van der Waals surface area (Å²) in [6, 6.07) is 9.45. The average Bonchev–Trinajstić information content (AvgIpc) is 3.43. The molecule has 0 radical (unpaired) electrons. The number of piperidine rings is 1. The highest BCUT2D eigenvalue weighted by atomic mass is 35.5. The van der Waals surface area contributed by atoms with E-state index in [2.05, 4.69) is 10.3 Å². The molecule has 3 heterocycles. The minimum absolute atomic E-state index is 0. The van der Waals surface area contributed by atoms with E-state index in [0.29, 0.717) is 38.2 Å². The van der Waals surface area contributed by atoms with Crippen molar-refractivity contribution in [2.45, 2.75) is 69.1 Å². The maximum Gasteiger partial charge on any atom is 0.409 e. The van der Waals surface area contributed by atoms with Crippen LogP contribution in [0.3, 0.4) is 0 Å². The lowest BCUT2D eigenvalue weighted by molar-refractivity contribution is -0.0893. The molecule has 0 unspecified atom stereocenters. The number of aliphatic hydroxyl groups is 1. The number of ether oxygens (including phenoxy) is 2. The zero-order chi connectivity index (χ0) is 28.0. The Hall–Kier alpha value is -2.37. The summed E-state index contributed by atoms with van der Waals surface area (Å²) in [7, 11) is 1.61. The molecule has 3 atom stereocenters. The lowest BCUT2D eigenvalue weighted by atomic mass is 9.80. The summed E-state index contributed by atoms with van der Waals surface area (Å²) >= 11 is 0. The van der Waals surface area contributed by atoms with Crippen molar-refractivity contribution in [3.8, 4) is 11.3 Å². The lowest BCUT2D eigenvalue weighted by Gasteiger charge is -2.41. The monoisotopic (exact) mass is 625 g/mol. The lowest BCUT2D eigenvalue weighted by Crippen LogP contribution is -2.54. The molecule has 3 fully saturated rings. The summed E-state index contributed by atoms with van der Waals surface area (Å²) in [5.74, 6) is -0.141. The molecule has 2 N–H and O–H groups in total. The van der Waals surface area contributed by atoms with E-state index in [0.717, 1.165) is 62.9 Å². The molecule has 5 rings (SSSR count). The van der Waals surface area contributed by atoms with E-state index in [9.17, 15) is 14.7 Å². The number of nitrogens with one attached hydrogen (secondary N) is 1. The Bertz CT molecular complexity index is 1140. The van der Waals surface area contributed by atoms with Crippen LogP contribution in [-0.4, -0.2) is 101 Å². The molecule has 2 amide bonds. The average molecular weight is 627 g/mol. The van der Waals surface area contributed by atoms with Crippen LogP contribution in [0.5, 0.6) is 0 Å². The Balaban J connectivity index is 0.00000242. The number of hydrogen-bond donors (Lipinski definition) is 2. The second-order valence-electron chi connectivity index (χ2n) is 11.3. The number of rotatable bonds is 8. The van der Waals surface area contributed by atoms with Gasteiger partial charge in [-0.3, -0.25) is 4.79 Å². The van der Waals surface area contributed by atoms with Crippen molar-refractivity contribution in [3.63, 3.8) is 0 Å². The van der Waals surface area contributed by atoms with Crippen LogP contribution in [0.1, 0.15) is 67.9 Å². The first-order chi connectivity index (χ1) is 19.5. The minimum atomic E-state index is -1.03. The number of benzene rings is 1. The van der Waals surface area contributed by atoms with Gasteiger partial charge in [0.05, 0.1) is 31.3 Å². The maximum absolute atomic E-state index is 14.2. The number of methoxy groups -OCH3 is 1. The van der Waals surface area contributed by atoms with Gasteiger partial charge in [-0.2, -0.15) is 0 Å². The van der Waals surface area contributed by atoms with Gasteiger partial charge in [0, 0.05) is 57.9 Å². The minimum Gasteiger partial charge on any atom is -0.449 e. The molecular formula is C30H45Cl2N5O5. The Morgan fingerprint density at radius 1 is 1.07 bits per heavy atom. The first-order valence-corrected chi connectivity index (χ1v) is 14.8. The number of aromatic nitrogens is 2. The van der Waals surface area contributed by atoms with E-state index < -0.39 is 5.60 Å². The fourth-order valence-corrected chi connectivity index (χ4v) is 6.53. The Morgan fingerprint density at radius 3 is 2.57 bits per heavy atom. The molecule has 42 heavy (non-hydrogen) atoms. The van der Waals surface area contributed by atoms with Gasteiger partial charge in [-0.25, -0.2) is 9.78 Å². The molecular weight excluding hydrogens is 581 g/mol. The van der Waals surface area contributed by atoms with E-state index in [-0.39, 0.29) is 62.1 Å². The molecule has 10 nitrogen and oxygen atoms in total. The van der Waals surface area contributed by atoms with Crippen LogP contribution in [0.4, 0.5) is 4.79 Å². The number of nitrogens with zero attached hydrogens (tertiary/aromatic N) is 4. The predicted molar refractivity (Wildman–Crippen MR) is 166 cm³/mol. The van der Waals surface area contributed by atoms with Crippen molar-refractivity contribution in [2.75, 3.05) is 53.0 Å². The number of carbonyl (C=O) groups is 2. The van der Waals surface area contributed by atoms with Crippen molar-refractivity contribution in [3.05, 3.63) is 42.4 Å². The van der Waals surface area contributed by atoms with Crippen LogP contribution in [0.25, 0.3) is 11.3 Å². The number of hydrogen-bond acceptors (Lipinski definition) is 7. The summed E-state index contributed by atoms with van der Waals surface area (Å²) < 4.78 is 13.0. The van der Waals surface area contributed by atoms with Crippen LogP contribution >= 0.6 is 24.8 Å². The van der Waals surface area contributed by atoms with Crippen molar-refractivity contribution in [1.29, 1.82) is 0 Å². The van der Waals surface area contributed by atoms with E-state index >= 15 is 0 Å². The van der Waals surface area contributed by atoms with Crippen molar-refractivity contribution in [1.82, 2.24) is 24.7 Å². The second-order valence-corrected chi connectivity index (χ2v) is 11.3. The van der Waals surface area contributed by atoms with Gasteiger partial charge in [-0.1, -0.05) is 43.2 Å². The van der Waals surface area contributed by atoms with Crippen LogP contribution in [0.15, 0.2) is 36.7 Å². The Kier molecular flexibility index (Phi) is 12.9. The summed E-state index contributed by atoms with van der Waals surface area (Å²) in [5, 5.41) is 15.0. The fourth-order valence-electron chi connectivity index (χ4n) is 6.53. The van der Waals surface area contributed by atoms with Gasteiger partial charge in [0.2, 0.25) is 0 Å². The molecule has 1 aliphatic carbocycles. The standard InChI is InChI=1S/C30H43N5O5.2ClH/c1-39-21-30(38)14-7-6-12-25(30)35-22-32-26(27(35)23-10-4-2-5-11-23)28(36)34-18-15-31-20-24(34)13-19-40-29(37)33-16-8-3-9-17-33;;/h2,4-5,10-11,22,24-25,31,38H,3,6-9,12-21H2,1H3;2*1H/t24-,25-,30-;;/m1../s1. The molecule has 1 aromatic carbocycles. The quantitative estimate of drug-likeness (QED) is 0.450. The second kappa shape index (κ2) is 15.9. The van der Waals surface area contributed by atoms with Gasteiger partial charge < -0.3 is 34.3 Å². The third-order valence-electron chi connectivity index (χ3n) is 8.63. The fraction of sp³-hybridized carbons (Fsp3) is 0.633. The van der Waals surface area contributed by atoms with Gasteiger partial charge in [-0.05, 0) is 32.1 Å². The summed E-state index contributed by atoms with van der Waals surface area (Å²) in [5.41, 5.74) is 0.957. The zero-order valence-corrected chi connectivity index (χ0v) is 26.0. The van der Waals surface area contributed by atoms with E-state index in [1.807, 2.05) is 39.8 Å². The van der Waals surface area contributed by atoms with Crippen molar-refractivity contribution < 1.29 is 24.2 Å². The highest BCUT2D eigenvalue weighted by molar-refractivity contribution is 5.98. The van der Waals surface area contributed by atoms with Crippen LogP contribution in [-0.2, 0) is 9.47 Å². The van der Waals surface area contributed by atoms with Crippen molar-refractivity contribution >= 4 is 36.8 Å². The highest BCUT2D eigenvalue weighted by Gasteiger charge is 2.42. The van der Waals surface area contributed by atoms with Gasteiger partial charge in [0.25, 0.3) is 5.91 Å². The number of likely N-dealkylation sites (tertiary alicyclic amines) is 1. The number of imidazole rings is 1. The smallest absolute Gasteiger partial charge is 0.409 e. The van der Waals surface area contributed by atoms with E-state index in [1.165, 1.54) is 0 Å². The Morgan fingerprint density at radius 2 is 1.83 bits per heavy atom. The molecule has 1 aromatic heterocycles. The first kappa shape index (κ1) is 34.1. The normalized spacial score (nSPS) is 24.3. The van der Waals surface area contributed by atoms with Gasteiger partial charge >= 0.3 is 6.09 Å². The molecule has 1 saturated carbocycles. The largest absolute Gasteiger partial charge is 0.449 e. The summed E-state index contributed by atoms with van der Waals surface area (Å²) in [6.45, 7) is 3.85. The van der Waals surface area contributed by atoms with Gasteiger partial charge in [0.1, 0.15) is 5.60 Å². The Labute approximate surface area is 260 Å². The van der Waals surface area contributed by atoms with Crippen LogP contribution in [0.2, 0.25) is 0 Å². The predicted octanol–water partition coefficient (Wildman–Crippen LogP) is 4.31. The number of amides is 2. The van der Waals surface area contributed by atoms with E-state index in [4.69, 9.17) is 9.47 Å². The molecule has 0 spiro atoms. The number of piperazine rings is 1. The van der Waals surface area contributed by atoms with Gasteiger partial charge in [-0.15, -0.1) is 24.8 Å².